The van der Waals surface area contributed by atoms with E-state index < -0.39 is 10.1 Å². The van der Waals surface area contributed by atoms with Gasteiger partial charge in [-0.15, -0.1) is 0 Å². The van der Waals surface area contributed by atoms with E-state index in [0.29, 0.717) is 13.0 Å². The molecule has 5 nitrogen and oxygen atoms in total. The lowest BCUT2D eigenvalue weighted by Crippen LogP contribution is -2.14. The number of hydrogen-bond acceptors (Lipinski definition) is 3. The summed E-state index contributed by atoms with van der Waals surface area (Å²) in [4.78, 5) is 1.08. The molecular weight excluding hydrogens is 248 g/mol. The van der Waals surface area contributed by atoms with Crippen LogP contribution in [-0.4, -0.2) is 23.3 Å². The summed E-state index contributed by atoms with van der Waals surface area (Å²) in [6, 6.07) is 0. The molecule has 0 aliphatic heterocycles. The van der Waals surface area contributed by atoms with Gasteiger partial charge >= 0.3 is 4.96 Å². The number of imidazole rings is 1. The Morgan fingerprint density at radius 2 is 2.31 bits per heavy atom. The molecule has 0 saturated carbocycles. The Morgan fingerprint density at radius 1 is 1.56 bits per heavy atom. The monoisotopic (exact) mass is 261 g/mol. The van der Waals surface area contributed by atoms with Gasteiger partial charge in [-0.3, -0.25) is 4.55 Å². The number of aryl methyl sites for hydroxylation is 2. The third-order valence-electron chi connectivity index (χ3n) is 2.38. The molecule has 2 rings (SSSR count). The molecule has 88 valence electrons. The van der Waals surface area contributed by atoms with Crippen molar-refractivity contribution in [1.82, 2.24) is 4.57 Å². The van der Waals surface area contributed by atoms with Crippen LogP contribution in [0.2, 0.25) is 0 Å². The van der Waals surface area contributed by atoms with Crippen molar-refractivity contribution in [3.63, 3.8) is 0 Å². The molecule has 0 aliphatic rings. The predicted molar refractivity (Wildman–Crippen MR) is 61.2 cm³/mol. The van der Waals surface area contributed by atoms with Gasteiger partial charge in [-0.05, 0) is 0 Å². The molecule has 0 atom stereocenters. The van der Waals surface area contributed by atoms with Gasteiger partial charge in [0.1, 0.15) is 18.1 Å². The highest BCUT2D eigenvalue weighted by molar-refractivity contribution is 7.85. The molecule has 0 radical (unpaired) electrons. The van der Waals surface area contributed by atoms with Crippen LogP contribution in [0, 0.1) is 6.92 Å². The van der Waals surface area contributed by atoms with Gasteiger partial charge in [-0.1, -0.05) is 11.3 Å². The standard InChI is InChI=1S/C9H12N2O3S2/c1-8-7-10-4-5-15-9(10)11(8)3-2-6-16(12,13)14/h4-5,7H,2-3,6H2,1H3/p+1. The summed E-state index contributed by atoms with van der Waals surface area (Å²) in [5.74, 6) is -0.192. The van der Waals surface area contributed by atoms with Crippen LogP contribution in [0.3, 0.4) is 0 Å². The van der Waals surface area contributed by atoms with Gasteiger partial charge in [0, 0.05) is 18.7 Å². The molecule has 0 aliphatic carbocycles. The molecule has 2 heterocycles. The van der Waals surface area contributed by atoms with E-state index in [1.807, 2.05) is 29.1 Å². The van der Waals surface area contributed by atoms with Gasteiger partial charge < -0.3 is 0 Å². The van der Waals surface area contributed by atoms with Gasteiger partial charge in [0.2, 0.25) is 0 Å². The predicted octanol–water partition coefficient (Wildman–Crippen LogP) is 0.875. The first-order chi connectivity index (χ1) is 7.47. The molecule has 0 saturated heterocycles. The van der Waals surface area contributed by atoms with Crippen molar-refractivity contribution in [2.75, 3.05) is 5.75 Å². The first kappa shape index (κ1) is 11.6. The fourth-order valence-corrected chi connectivity index (χ4v) is 3.09. The van der Waals surface area contributed by atoms with Crippen LogP contribution in [0.5, 0.6) is 0 Å². The third kappa shape index (κ3) is 2.42. The molecule has 0 unspecified atom stereocenters. The number of nitrogens with zero attached hydrogens (tertiary/aromatic N) is 2. The Balaban J connectivity index is 2.14. The summed E-state index contributed by atoms with van der Waals surface area (Å²) in [5, 5.41) is 1.98. The smallest absolute Gasteiger partial charge is 0.286 e. The minimum atomic E-state index is -3.85. The SMILES string of the molecule is Cc1c[n+]2ccsc2n1CCCS(=O)(=O)O. The fraction of sp³-hybridized carbons (Fsp3) is 0.444. The Bertz CT molecular complexity index is 597. The second-order valence-electron chi connectivity index (χ2n) is 3.65. The molecule has 2 aromatic heterocycles. The molecule has 0 amide bonds. The van der Waals surface area contributed by atoms with E-state index in [-0.39, 0.29) is 5.75 Å². The Morgan fingerprint density at radius 3 is 3.00 bits per heavy atom. The van der Waals surface area contributed by atoms with Gasteiger partial charge in [0.15, 0.2) is 0 Å². The van der Waals surface area contributed by atoms with Gasteiger partial charge in [-0.2, -0.15) is 12.8 Å². The van der Waals surface area contributed by atoms with Crippen LogP contribution >= 0.6 is 11.3 Å². The molecule has 7 heteroatoms. The first-order valence-corrected chi connectivity index (χ1v) is 7.36. The fourth-order valence-electron chi connectivity index (χ4n) is 1.68. The number of fused-ring (bicyclic) bond motifs is 1. The summed E-state index contributed by atoms with van der Waals surface area (Å²) in [6.45, 7) is 2.58. The van der Waals surface area contributed by atoms with Crippen molar-refractivity contribution in [2.24, 2.45) is 0 Å². The summed E-state index contributed by atoms with van der Waals surface area (Å²) in [6.07, 6.45) is 4.38. The molecule has 1 N–H and O–H groups in total. The summed E-state index contributed by atoms with van der Waals surface area (Å²) >= 11 is 1.61. The van der Waals surface area contributed by atoms with Crippen molar-refractivity contribution in [1.29, 1.82) is 0 Å². The summed E-state index contributed by atoms with van der Waals surface area (Å²) < 4.78 is 33.9. The van der Waals surface area contributed by atoms with Crippen molar-refractivity contribution in [2.45, 2.75) is 19.9 Å². The van der Waals surface area contributed by atoms with Gasteiger partial charge in [0.05, 0.1) is 12.3 Å². The quantitative estimate of drug-likeness (QED) is 0.656. The van der Waals surface area contributed by atoms with E-state index in [1.165, 1.54) is 0 Å². The maximum absolute atomic E-state index is 10.6. The largest absolute Gasteiger partial charge is 0.345 e. The number of rotatable bonds is 4. The zero-order valence-electron chi connectivity index (χ0n) is 8.83. The lowest BCUT2D eigenvalue weighted by molar-refractivity contribution is -0.506. The van der Waals surface area contributed by atoms with Crippen LogP contribution in [-0.2, 0) is 16.7 Å². The molecule has 0 spiro atoms. The maximum atomic E-state index is 10.6. The topological polar surface area (TPSA) is 63.4 Å². The first-order valence-electron chi connectivity index (χ1n) is 4.87. The Hall–Kier alpha value is -0.920. The van der Waals surface area contributed by atoms with Gasteiger partial charge in [0.25, 0.3) is 10.1 Å². The molecule has 0 bridgehead atoms. The van der Waals surface area contributed by atoms with Crippen LogP contribution in [0.15, 0.2) is 17.8 Å². The molecule has 2 aromatic rings. The number of thiazole rings is 1. The third-order valence-corrected chi connectivity index (χ3v) is 4.09. The highest BCUT2D eigenvalue weighted by Crippen LogP contribution is 2.11. The van der Waals surface area contributed by atoms with E-state index in [9.17, 15) is 8.42 Å². The Labute approximate surface area is 97.7 Å². The second-order valence-corrected chi connectivity index (χ2v) is 6.10. The molecular formula is C9H13N2O3S2+. The van der Waals surface area contributed by atoms with E-state index in [4.69, 9.17) is 4.55 Å². The van der Waals surface area contributed by atoms with Crippen molar-refractivity contribution in [3.05, 3.63) is 23.5 Å². The molecule has 0 fully saturated rings. The van der Waals surface area contributed by atoms with E-state index >= 15 is 0 Å². The average Bonchev–Trinajstić information content (AvgIpc) is 2.67. The second kappa shape index (κ2) is 4.15. The van der Waals surface area contributed by atoms with Crippen molar-refractivity contribution in [3.8, 4) is 0 Å². The zero-order valence-corrected chi connectivity index (χ0v) is 10.5. The van der Waals surface area contributed by atoms with Crippen molar-refractivity contribution >= 4 is 26.4 Å². The van der Waals surface area contributed by atoms with E-state index in [0.717, 1.165) is 10.7 Å². The van der Waals surface area contributed by atoms with Crippen LogP contribution in [0.1, 0.15) is 12.1 Å². The minimum Gasteiger partial charge on any atom is -0.286 e. The normalized spacial score (nSPS) is 12.4. The average molecular weight is 261 g/mol. The summed E-state index contributed by atoms with van der Waals surface area (Å²) in [5.41, 5.74) is 1.09. The van der Waals surface area contributed by atoms with Crippen LogP contribution in [0.4, 0.5) is 0 Å². The minimum absolute atomic E-state index is 0.192. The molecule has 0 aromatic carbocycles. The Kier molecular flexibility index (Phi) is 3.00. The zero-order chi connectivity index (χ0) is 11.8. The van der Waals surface area contributed by atoms with Crippen LogP contribution in [0.25, 0.3) is 4.96 Å². The van der Waals surface area contributed by atoms with E-state index in [1.54, 1.807) is 11.3 Å². The maximum Gasteiger partial charge on any atom is 0.345 e. The number of aromatic nitrogens is 2. The highest BCUT2D eigenvalue weighted by atomic mass is 32.2. The highest BCUT2D eigenvalue weighted by Gasteiger charge is 2.16. The van der Waals surface area contributed by atoms with Gasteiger partial charge in [-0.25, -0.2) is 4.57 Å². The lowest BCUT2D eigenvalue weighted by Gasteiger charge is -1.97. The van der Waals surface area contributed by atoms with Crippen LogP contribution < -0.4 is 4.40 Å². The van der Waals surface area contributed by atoms with E-state index in [2.05, 4.69) is 4.57 Å². The van der Waals surface area contributed by atoms with Crippen molar-refractivity contribution < 1.29 is 17.4 Å². The number of hydrogen-bond donors (Lipinski definition) is 1. The molecule has 16 heavy (non-hydrogen) atoms. The lowest BCUT2D eigenvalue weighted by atomic mass is 10.4. The summed E-state index contributed by atoms with van der Waals surface area (Å²) in [7, 11) is -3.85.